The van der Waals surface area contributed by atoms with Crippen molar-refractivity contribution < 1.29 is 0 Å². The number of aryl methyl sites for hydroxylation is 1. The molecule has 0 aliphatic carbocycles. The quantitative estimate of drug-likeness (QED) is 0.562. The van der Waals surface area contributed by atoms with E-state index in [4.69, 9.17) is 0 Å². The molecule has 0 aliphatic rings. The van der Waals surface area contributed by atoms with Crippen LogP contribution in [0.25, 0.3) is 26.1 Å². The van der Waals surface area contributed by atoms with Crippen molar-refractivity contribution in [2.45, 2.75) is 13.8 Å². The topological polar surface area (TPSA) is 51.0 Å². The number of halogens is 1. The Kier molecular flexibility index (Phi) is 5.11. The van der Waals surface area contributed by atoms with Crippen molar-refractivity contribution in [1.29, 1.82) is 0 Å². The second-order valence-corrected chi connectivity index (χ2v) is 8.07. The second-order valence-electron chi connectivity index (χ2n) is 6.05. The minimum atomic E-state index is -0.0988. The maximum absolute atomic E-state index is 13.1. The predicted octanol–water partition coefficient (Wildman–Crippen LogP) is 4.71. The Morgan fingerprint density at radius 3 is 2.73 bits per heavy atom. The molecule has 0 saturated carbocycles. The molecule has 0 aromatic carbocycles. The van der Waals surface area contributed by atoms with Crippen LogP contribution in [0.3, 0.4) is 0 Å². The molecule has 26 heavy (non-hydrogen) atoms. The Hall–Kier alpha value is -2.25. The number of hydrogen-bond acceptors (Lipinski definition) is 5. The summed E-state index contributed by atoms with van der Waals surface area (Å²) in [5.74, 6) is 0. The molecule has 0 radical (unpaired) electrons. The zero-order valence-corrected chi connectivity index (χ0v) is 17.5. The molecule has 0 atom stereocenters. The Bertz CT molecular complexity index is 1140. The van der Waals surface area contributed by atoms with Gasteiger partial charge in [0.2, 0.25) is 0 Å². The van der Waals surface area contributed by atoms with Gasteiger partial charge in [0.1, 0.15) is 21.4 Å². The van der Waals surface area contributed by atoms with Crippen LogP contribution in [-0.2, 0) is 0 Å². The highest BCUT2D eigenvalue weighted by Crippen LogP contribution is 2.36. The lowest BCUT2D eigenvalue weighted by Gasteiger charge is -2.14. The van der Waals surface area contributed by atoms with E-state index in [2.05, 4.69) is 32.5 Å². The molecule has 0 bridgehead atoms. The average Bonchev–Trinajstić information content (AvgIpc) is 2.95. The van der Waals surface area contributed by atoms with Crippen molar-refractivity contribution >= 4 is 59.1 Å². The summed E-state index contributed by atoms with van der Waals surface area (Å²) in [6, 6.07) is 2.02. The molecule has 3 aromatic heterocycles. The molecule has 0 fully saturated rings. The Balaban J connectivity index is 2.32. The monoisotopic (exact) mass is 430 g/mol. The smallest absolute Gasteiger partial charge is 0.275 e. The van der Waals surface area contributed by atoms with Crippen LogP contribution < -0.4 is 10.5 Å². The first-order chi connectivity index (χ1) is 12.3. The van der Waals surface area contributed by atoms with Crippen LogP contribution in [0.2, 0.25) is 0 Å². The molecule has 0 saturated heterocycles. The molecule has 3 rings (SSSR count). The predicted molar refractivity (Wildman–Crippen MR) is 115 cm³/mol. The van der Waals surface area contributed by atoms with E-state index in [0.717, 1.165) is 31.8 Å². The van der Waals surface area contributed by atoms with Crippen LogP contribution in [0.5, 0.6) is 0 Å². The van der Waals surface area contributed by atoms with Crippen LogP contribution in [0.1, 0.15) is 12.6 Å². The lowest BCUT2D eigenvalue weighted by atomic mass is 10.2. The molecule has 0 unspecified atom stereocenters. The van der Waals surface area contributed by atoms with Crippen molar-refractivity contribution in [3.05, 3.63) is 57.7 Å². The van der Waals surface area contributed by atoms with E-state index in [0.29, 0.717) is 10.2 Å². The highest BCUT2D eigenvalue weighted by molar-refractivity contribution is 9.11. The Labute approximate surface area is 164 Å². The lowest BCUT2D eigenvalue weighted by molar-refractivity contribution is 0.998. The summed E-state index contributed by atoms with van der Waals surface area (Å²) < 4.78 is 2.89. The third kappa shape index (κ3) is 3.24. The SMILES string of the molecule is C=C(Br)/C=C\C(=C/C)n1cnc2c(sc3nc(C)cc(N(C)C)c32)c1=O. The van der Waals surface area contributed by atoms with E-state index in [1.165, 1.54) is 11.3 Å². The number of allylic oxidation sites excluding steroid dienone is 5. The van der Waals surface area contributed by atoms with Crippen LogP contribution in [0.15, 0.2) is 46.5 Å². The summed E-state index contributed by atoms with van der Waals surface area (Å²) in [5.41, 5.74) is 3.27. The number of rotatable bonds is 4. The van der Waals surface area contributed by atoms with Gasteiger partial charge < -0.3 is 4.90 Å². The molecule has 0 spiro atoms. The number of nitrogens with zero attached hydrogens (tertiary/aromatic N) is 4. The normalized spacial score (nSPS) is 12.4. The average molecular weight is 431 g/mol. The number of fused-ring (bicyclic) bond motifs is 3. The van der Waals surface area contributed by atoms with E-state index in [1.54, 1.807) is 17.0 Å². The summed E-state index contributed by atoms with van der Waals surface area (Å²) >= 11 is 4.68. The highest BCUT2D eigenvalue weighted by Gasteiger charge is 2.17. The largest absolute Gasteiger partial charge is 0.377 e. The van der Waals surface area contributed by atoms with Crippen molar-refractivity contribution in [3.63, 3.8) is 0 Å². The van der Waals surface area contributed by atoms with Gasteiger partial charge in [-0.15, -0.1) is 11.3 Å². The first-order valence-electron chi connectivity index (χ1n) is 8.01. The van der Waals surface area contributed by atoms with Gasteiger partial charge in [0.15, 0.2) is 0 Å². The molecule has 7 heteroatoms. The molecule has 0 amide bonds. The molecular weight excluding hydrogens is 412 g/mol. The fourth-order valence-corrected chi connectivity index (χ4v) is 4.01. The van der Waals surface area contributed by atoms with Gasteiger partial charge in [-0.1, -0.05) is 28.6 Å². The molecule has 0 aliphatic heterocycles. The van der Waals surface area contributed by atoms with E-state index in [9.17, 15) is 4.79 Å². The molecule has 0 N–H and O–H groups in total. The molecule has 134 valence electrons. The zero-order valence-electron chi connectivity index (χ0n) is 15.1. The lowest BCUT2D eigenvalue weighted by Crippen LogP contribution is -2.18. The van der Waals surface area contributed by atoms with Gasteiger partial charge >= 0.3 is 0 Å². The van der Waals surface area contributed by atoms with Gasteiger partial charge in [0.05, 0.1) is 11.1 Å². The maximum atomic E-state index is 13.1. The first kappa shape index (κ1) is 18.5. The summed E-state index contributed by atoms with van der Waals surface area (Å²) in [6.07, 6.45) is 7.06. The van der Waals surface area contributed by atoms with Crippen LogP contribution >= 0.6 is 27.3 Å². The van der Waals surface area contributed by atoms with Gasteiger partial charge in [-0.25, -0.2) is 9.97 Å². The van der Waals surface area contributed by atoms with Gasteiger partial charge in [-0.2, -0.15) is 0 Å². The fourth-order valence-electron chi connectivity index (χ4n) is 2.76. The van der Waals surface area contributed by atoms with Crippen molar-refractivity contribution in [2.24, 2.45) is 0 Å². The first-order valence-corrected chi connectivity index (χ1v) is 9.62. The summed E-state index contributed by atoms with van der Waals surface area (Å²) in [7, 11) is 3.96. The van der Waals surface area contributed by atoms with Crippen LogP contribution in [0, 0.1) is 6.92 Å². The highest BCUT2D eigenvalue weighted by atomic mass is 79.9. The molecule has 5 nitrogen and oxygen atoms in total. The molecular formula is C19H19BrN4OS. The summed E-state index contributed by atoms with van der Waals surface area (Å²) in [5, 5.41) is 0.927. The number of thiophene rings is 1. The third-order valence-corrected chi connectivity index (χ3v) is 5.28. The Morgan fingerprint density at radius 1 is 1.38 bits per heavy atom. The zero-order chi connectivity index (χ0) is 19.0. The van der Waals surface area contributed by atoms with Crippen molar-refractivity contribution in [1.82, 2.24) is 14.5 Å². The van der Waals surface area contributed by atoms with Crippen molar-refractivity contribution in [2.75, 3.05) is 19.0 Å². The van der Waals surface area contributed by atoms with E-state index in [-0.39, 0.29) is 5.56 Å². The minimum absolute atomic E-state index is 0.0988. The van der Waals surface area contributed by atoms with Gasteiger partial charge in [-0.05, 0) is 32.1 Å². The van der Waals surface area contributed by atoms with E-state index >= 15 is 0 Å². The number of anilines is 1. The van der Waals surface area contributed by atoms with Gasteiger partial charge in [-0.3, -0.25) is 9.36 Å². The summed E-state index contributed by atoms with van der Waals surface area (Å²) in [6.45, 7) is 7.62. The number of hydrogen-bond donors (Lipinski definition) is 0. The number of aromatic nitrogens is 3. The minimum Gasteiger partial charge on any atom is -0.377 e. The standard InChI is InChI=1S/C19H19BrN4OS/c1-6-13(8-7-11(2)20)24-10-21-16-15-14(23(4)5)9-12(3)22-18(15)26-17(16)19(24)25/h6-10H,2H2,1,3-5H3/b8-7-,13-6+. The van der Waals surface area contributed by atoms with Gasteiger partial charge in [0, 0.05) is 30.0 Å². The summed E-state index contributed by atoms with van der Waals surface area (Å²) in [4.78, 5) is 25.2. The van der Waals surface area contributed by atoms with E-state index in [1.807, 2.05) is 51.1 Å². The van der Waals surface area contributed by atoms with Gasteiger partial charge in [0.25, 0.3) is 5.56 Å². The van der Waals surface area contributed by atoms with Crippen LogP contribution in [0.4, 0.5) is 5.69 Å². The fraction of sp³-hybridized carbons (Fsp3) is 0.211. The second kappa shape index (κ2) is 7.17. The maximum Gasteiger partial charge on any atom is 0.275 e. The van der Waals surface area contributed by atoms with E-state index < -0.39 is 0 Å². The van der Waals surface area contributed by atoms with Crippen molar-refractivity contribution in [3.8, 4) is 0 Å². The van der Waals surface area contributed by atoms with Crippen LogP contribution in [-0.4, -0.2) is 28.6 Å². The third-order valence-electron chi connectivity index (χ3n) is 3.95. The Morgan fingerprint density at radius 2 is 2.12 bits per heavy atom. The molecule has 3 heterocycles. The molecule has 3 aromatic rings. The number of pyridine rings is 1.